The summed E-state index contributed by atoms with van der Waals surface area (Å²) >= 11 is 0. The number of nitrogens with zero attached hydrogens (tertiary/aromatic N) is 2. The Labute approximate surface area is 104 Å². The van der Waals surface area contributed by atoms with Gasteiger partial charge in [-0.05, 0) is 12.8 Å². The largest absolute Gasteiger partial charge is 0.395 e. The number of aliphatic hydroxyl groups is 1. The van der Waals surface area contributed by atoms with E-state index in [2.05, 4.69) is 4.98 Å². The van der Waals surface area contributed by atoms with E-state index in [-0.39, 0.29) is 25.0 Å². The van der Waals surface area contributed by atoms with Crippen LogP contribution in [0.15, 0.2) is 6.07 Å². The number of aliphatic hydroxyl groups excluding tert-OH is 1. The maximum Gasteiger partial charge on any atom is 0.251 e. The van der Waals surface area contributed by atoms with E-state index in [0.717, 1.165) is 0 Å². The van der Waals surface area contributed by atoms with E-state index in [4.69, 9.17) is 5.11 Å². The maximum atomic E-state index is 13.6. The van der Waals surface area contributed by atoms with Crippen LogP contribution in [0.3, 0.4) is 0 Å². The van der Waals surface area contributed by atoms with Crippen LogP contribution < -0.4 is 4.90 Å². The van der Waals surface area contributed by atoms with Crippen LogP contribution in [0.2, 0.25) is 0 Å². The molecule has 0 saturated heterocycles. The molecule has 1 N–H and O–H groups in total. The maximum absolute atomic E-state index is 13.6. The third-order valence-electron chi connectivity index (χ3n) is 2.86. The van der Waals surface area contributed by atoms with Crippen molar-refractivity contribution in [1.82, 2.24) is 4.98 Å². The fraction of sp³-hybridized carbons (Fsp3) is 0.583. The number of rotatable bonds is 6. The van der Waals surface area contributed by atoms with E-state index in [0.29, 0.717) is 18.9 Å². The number of anilines is 1. The van der Waals surface area contributed by atoms with Crippen molar-refractivity contribution >= 4 is 5.82 Å². The van der Waals surface area contributed by atoms with E-state index in [1.165, 1.54) is 4.90 Å². The van der Waals surface area contributed by atoms with Crippen LogP contribution in [-0.4, -0.2) is 29.3 Å². The molecule has 1 aromatic heterocycles. The van der Waals surface area contributed by atoms with E-state index >= 15 is 0 Å². The van der Waals surface area contributed by atoms with Crippen LogP contribution in [0.4, 0.5) is 19.0 Å². The predicted octanol–water partition coefficient (Wildman–Crippen LogP) is 2.49. The summed E-state index contributed by atoms with van der Waals surface area (Å²) in [6.07, 6.45) is 1.38. The first-order valence-corrected chi connectivity index (χ1v) is 5.94. The predicted molar refractivity (Wildman–Crippen MR) is 62.9 cm³/mol. The van der Waals surface area contributed by atoms with Crippen LogP contribution in [0.1, 0.15) is 26.7 Å². The van der Waals surface area contributed by atoms with Gasteiger partial charge in [-0.25, -0.2) is 8.78 Å². The van der Waals surface area contributed by atoms with Gasteiger partial charge in [0.15, 0.2) is 17.5 Å². The molecular weight excluding hydrogens is 245 g/mol. The minimum atomic E-state index is -1.33. The lowest BCUT2D eigenvalue weighted by Crippen LogP contribution is -2.38. The molecule has 3 nitrogen and oxygen atoms in total. The Bertz CT molecular complexity index is 397. The lowest BCUT2D eigenvalue weighted by molar-refractivity contribution is 0.294. The summed E-state index contributed by atoms with van der Waals surface area (Å²) in [5.74, 6) is -3.82. The first kappa shape index (κ1) is 14.8. The summed E-state index contributed by atoms with van der Waals surface area (Å²) in [5, 5.41) is 8.99. The van der Waals surface area contributed by atoms with Crippen molar-refractivity contribution in [3.05, 3.63) is 23.6 Å². The third-order valence-corrected chi connectivity index (χ3v) is 2.86. The molecule has 0 radical (unpaired) electrons. The van der Waals surface area contributed by atoms with E-state index in [1.807, 2.05) is 13.8 Å². The number of aromatic nitrogens is 1. The fourth-order valence-corrected chi connectivity index (χ4v) is 1.94. The molecule has 0 fully saturated rings. The second-order valence-electron chi connectivity index (χ2n) is 3.95. The van der Waals surface area contributed by atoms with E-state index < -0.39 is 17.6 Å². The molecule has 0 aliphatic carbocycles. The van der Waals surface area contributed by atoms with Gasteiger partial charge in [0.05, 0.1) is 6.61 Å². The van der Waals surface area contributed by atoms with Gasteiger partial charge in [-0.15, -0.1) is 0 Å². The van der Waals surface area contributed by atoms with Crippen molar-refractivity contribution in [2.24, 2.45) is 0 Å². The molecule has 0 saturated carbocycles. The molecule has 0 atom stereocenters. The SMILES string of the molecule is CCC(CC)N(CCO)c1nc(F)c(F)cc1F. The van der Waals surface area contributed by atoms with E-state index in [1.54, 1.807) is 0 Å². The van der Waals surface area contributed by atoms with Crippen LogP contribution >= 0.6 is 0 Å². The van der Waals surface area contributed by atoms with Crippen LogP contribution in [0, 0.1) is 17.6 Å². The quantitative estimate of drug-likeness (QED) is 0.800. The standard InChI is InChI=1S/C12H17F3N2O/c1-3-8(4-2)17(5-6-18)12-10(14)7-9(13)11(15)16-12/h7-8,18H,3-6H2,1-2H3. The molecule has 0 aromatic carbocycles. The topological polar surface area (TPSA) is 36.4 Å². The highest BCUT2D eigenvalue weighted by molar-refractivity contribution is 5.41. The molecule has 0 amide bonds. The third kappa shape index (κ3) is 3.13. The Hall–Kier alpha value is -1.30. The minimum Gasteiger partial charge on any atom is -0.395 e. The molecule has 6 heteroatoms. The van der Waals surface area contributed by atoms with Crippen molar-refractivity contribution in [2.75, 3.05) is 18.1 Å². The zero-order chi connectivity index (χ0) is 13.7. The van der Waals surface area contributed by atoms with Crippen LogP contribution in [-0.2, 0) is 0 Å². The molecule has 1 aromatic rings. The second-order valence-corrected chi connectivity index (χ2v) is 3.95. The zero-order valence-electron chi connectivity index (χ0n) is 10.5. The summed E-state index contributed by atoms with van der Waals surface area (Å²) in [6, 6.07) is 0.397. The smallest absolute Gasteiger partial charge is 0.251 e. The highest BCUT2D eigenvalue weighted by Crippen LogP contribution is 2.23. The number of hydrogen-bond donors (Lipinski definition) is 1. The number of hydrogen-bond acceptors (Lipinski definition) is 3. The summed E-state index contributed by atoms with van der Waals surface area (Å²) < 4.78 is 39.6. The Morgan fingerprint density at radius 3 is 2.33 bits per heavy atom. The minimum absolute atomic E-state index is 0.0796. The highest BCUT2D eigenvalue weighted by Gasteiger charge is 2.22. The Morgan fingerprint density at radius 2 is 1.83 bits per heavy atom. The van der Waals surface area contributed by atoms with Gasteiger partial charge in [-0.3, -0.25) is 0 Å². The van der Waals surface area contributed by atoms with Gasteiger partial charge < -0.3 is 10.0 Å². The van der Waals surface area contributed by atoms with Crippen molar-refractivity contribution in [3.8, 4) is 0 Å². The first-order chi connectivity index (χ1) is 8.54. The van der Waals surface area contributed by atoms with Crippen molar-refractivity contribution in [3.63, 3.8) is 0 Å². The first-order valence-electron chi connectivity index (χ1n) is 5.94. The molecule has 1 rings (SSSR count). The summed E-state index contributed by atoms with van der Waals surface area (Å²) in [7, 11) is 0. The fourth-order valence-electron chi connectivity index (χ4n) is 1.94. The molecule has 0 unspecified atom stereocenters. The molecule has 0 spiro atoms. The Kier molecular flexibility index (Phi) is 5.40. The van der Waals surface area contributed by atoms with Gasteiger partial charge >= 0.3 is 0 Å². The van der Waals surface area contributed by atoms with Crippen molar-refractivity contribution < 1.29 is 18.3 Å². The summed E-state index contributed by atoms with van der Waals surface area (Å²) in [6.45, 7) is 3.71. The Morgan fingerprint density at radius 1 is 1.22 bits per heavy atom. The molecule has 1 heterocycles. The van der Waals surface area contributed by atoms with Gasteiger partial charge in [0.2, 0.25) is 0 Å². The second kappa shape index (κ2) is 6.58. The molecule has 0 bridgehead atoms. The lowest BCUT2D eigenvalue weighted by atomic mass is 10.1. The van der Waals surface area contributed by atoms with E-state index in [9.17, 15) is 13.2 Å². The van der Waals surface area contributed by atoms with Gasteiger partial charge in [-0.1, -0.05) is 13.8 Å². The zero-order valence-corrected chi connectivity index (χ0v) is 10.5. The summed E-state index contributed by atoms with van der Waals surface area (Å²) in [4.78, 5) is 4.78. The lowest BCUT2D eigenvalue weighted by Gasteiger charge is -2.31. The highest BCUT2D eigenvalue weighted by atomic mass is 19.2. The average Bonchev–Trinajstić information content (AvgIpc) is 2.34. The molecule has 102 valence electrons. The summed E-state index contributed by atoms with van der Waals surface area (Å²) in [5.41, 5.74) is 0. The van der Waals surface area contributed by atoms with Crippen LogP contribution in [0.25, 0.3) is 0 Å². The van der Waals surface area contributed by atoms with Crippen molar-refractivity contribution in [2.45, 2.75) is 32.7 Å². The molecule has 18 heavy (non-hydrogen) atoms. The molecular formula is C12H17F3N2O. The number of halogens is 3. The Balaban J connectivity index is 3.16. The molecule has 0 aliphatic heterocycles. The van der Waals surface area contributed by atoms with Crippen molar-refractivity contribution in [1.29, 1.82) is 0 Å². The van der Waals surface area contributed by atoms with Gasteiger partial charge in [0, 0.05) is 18.7 Å². The average molecular weight is 262 g/mol. The van der Waals surface area contributed by atoms with Gasteiger partial charge in [0.25, 0.3) is 5.95 Å². The van der Waals surface area contributed by atoms with Gasteiger partial charge in [0.1, 0.15) is 0 Å². The monoisotopic (exact) mass is 262 g/mol. The normalized spacial score (nSPS) is 11.1. The number of pyridine rings is 1. The molecule has 0 aliphatic rings. The van der Waals surface area contributed by atoms with Gasteiger partial charge in [-0.2, -0.15) is 9.37 Å². The van der Waals surface area contributed by atoms with Crippen LogP contribution in [0.5, 0.6) is 0 Å².